The van der Waals surface area contributed by atoms with E-state index in [1.807, 2.05) is 0 Å². The van der Waals surface area contributed by atoms with Gasteiger partial charge < -0.3 is 20.5 Å². The Morgan fingerprint density at radius 1 is 1.58 bits per heavy atom. The van der Waals surface area contributed by atoms with Crippen LogP contribution in [-0.2, 0) is 9.47 Å². The van der Waals surface area contributed by atoms with Crippen molar-refractivity contribution in [1.82, 2.24) is 5.32 Å². The third kappa shape index (κ3) is 3.25. The average molecular weight is 195 g/mol. The molecule has 1 aliphatic heterocycles. The minimum absolute atomic E-state index is 0.125. The number of ether oxygens (including phenoxy) is 2. The molecule has 0 aromatic carbocycles. The van der Waals surface area contributed by atoms with E-state index < -0.39 is 0 Å². The summed E-state index contributed by atoms with van der Waals surface area (Å²) in [6.07, 6.45) is -0.100. The zero-order chi connectivity index (χ0) is 8.81. The van der Waals surface area contributed by atoms with Gasteiger partial charge in [-0.1, -0.05) is 0 Å². The van der Waals surface area contributed by atoms with Crippen LogP contribution in [0.4, 0.5) is 0 Å². The highest BCUT2D eigenvalue weighted by Crippen LogP contribution is 2.11. The molecule has 0 spiro atoms. The smallest absolute Gasteiger partial charge is 0.171 e. The van der Waals surface area contributed by atoms with Gasteiger partial charge >= 0.3 is 0 Å². The summed E-state index contributed by atoms with van der Waals surface area (Å²) in [7, 11) is 0. The normalized spacial score (nSPS) is 29.5. The highest BCUT2D eigenvalue weighted by Gasteiger charge is 2.24. The van der Waals surface area contributed by atoms with Gasteiger partial charge in [-0.2, -0.15) is 0 Å². The summed E-state index contributed by atoms with van der Waals surface area (Å²) in [4.78, 5) is 0. The highest BCUT2D eigenvalue weighted by molar-refractivity contribution is 6.18. The Labute approximate surface area is 77.3 Å². The van der Waals surface area contributed by atoms with Crippen molar-refractivity contribution < 1.29 is 9.47 Å². The predicted octanol–water partition coefficient (Wildman–Crippen LogP) is -0.485. The van der Waals surface area contributed by atoms with Gasteiger partial charge in [-0.15, -0.1) is 11.6 Å². The lowest BCUT2D eigenvalue weighted by Gasteiger charge is -2.09. The summed E-state index contributed by atoms with van der Waals surface area (Å²) in [5.74, 6) is 0.396. The van der Waals surface area contributed by atoms with Crippen LogP contribution in [0.1, 0.15) is 0 Å². The molecule has 72 valence electrons. The molecule has 4 nitrogen and oxygen atoms in total. The fourth-order valence-electron chi connectivity index (χ4n) is 1.06. The first-order valence-corrected chi connectivity index (χ1v) is 4.64. The molecule has 0 aromatic heterocycles. The van der Waals surface area contributed by atoms with E-state index in [1.54, 1.807) is 0 Å². The zero-order valence-electron chi connectivity index (χ0n) is 6.96. The second kappa shape index (κ2) is 5.72. The summed E-state index contributed by atoms with van der Waals surface area (Å²) in [6, 6.07) is 0. The maximum absolute atomic E-state index is 5.54. The van der Waals surface area contributed by atoms with Crippen molar-refractivity contribution in [3.8, 4) is 0 Å². The van der Waals surface area contributed by atoms with Crippen molar-refractivity contribution in [1.29, 1.82) is 0 Å². The number of nitrogens with one attached hydrogen (secondary N) is 1. The van der Waals surface area contributed by atoms with Crippen LogP contribution < -0.4 is 11.1 Å². The molecule has 0 amide bonds. The molecular formula is C7H15ClN2O2. The Morgan fingerprint density at radius 2 is 2.42 bits per heavy atom. The van der Waals surface area contributed by atoms with Gasteiger partial charge in [0.05, 0.1) is 18.6 Å². The molecule has 0 aliphatic carbocycles. The molecule has 2 unspecified atom stereocenters. The number of rotatable bonds is 5. The number of nitrogens with two attached hydrogens (primary N) is 1. The molecule has 1 heterocycles. The van der Waals surface area contributed by atoms with Crippen LogP contribution in [0.2, 0.25) is 0 Å². The van der Waals surface area contributed by atoms with E-state index >= 15 is 0 Å². The van der Waals surface area contributed by atoms with Crippen molar-refractivity contribution in [3.05, 3.63) is 0 Å². The molecule has 1 aliphatic rings. The fraction of sp³-hybridized carbons (Fsp3) is 1.00. The van der Waals surface area contributed by atoms with E-state index in [4.69, 9.17) is 26.8 Å². The second-order valence-corrected chi connectivity index (χ2v) is 2.98. The number of hydrogen-bond donors (Lipinski definition) is 2. The Kier molecular flexibility index (Phi) is 4.87. The van der Waals surface area contributed by atoms with Gasteiger partial charge in [-0.25, -0.2) is 0 Å². The molecule has 1 saturated heterocycles. The molecule has 12 heavy (non-hydrogen) atoms. The van der Waals surface area contributed by atoms with Gasteiger partial charge in [0.15, 0.2) is 6.29 Å². The van der Waals surface area contributed by atoms with E-state index in [0.29, 0.717) is 19.0 Å². The maximum atomic E-state index is 5.54. The molecule has 1 rings (SSSR count). The quantitative estimate of drug-likeness (QED) is 0.459. The molecule has 0 radical (unpaired) electrons. The highest BCUT2D eigenvalue weighted by atomic mass is 35.5. The number of halogens is 1. The van der Waals surface area contributed by atoms with Gasteiger partial charge in [0.1, 0.15) is 0 Å². The van der Waals surface area contributed by atoms with Gasteiger partial charge in [-0.3, -0.25) is 0 Å². The lowest BCUT2D eigenvalue weighted by molar-refractivity contribution is -0.0387. The topological polar surface area (TPSA) is 56.5 Å². The summed E-state index contributed by atoms with van der Waals surface area (Å²) in [6.45, 7) is 2.86. The maximum Gasteiger partial charge on any atom is 0.171 e. The lowest BCUT2D eigenvalue weighted by Crippen LogP contribution is -2.32. The molecule has 1 fully saturated rings. The number of alkyl halides is 1. The monoisotopic (exact) mass is 194 g/mol. The summed E-state index contributed by atoms with van der Waals surface area (Å²) >= 11 is 5.54. The SMILES string of the molecule is NCCNCC1COC(CCl)O1. The zero-order valence-corrected chi connectivity index (χ0v) is 7.72. The van der Waals surface area contributed by atoms with Gasteiger partial charge in [0, 0.05) is 19.6 Å². The second-order valence-electron chi connectivity index (χ2n) is 2.67. The van der Waals surface area contributed by atoms with Crippen LogP contribution in [0.25, 0.3) is 0 Å². The summed E-state index contributed by atoms with van der Waals surface area (Å²) < 4.78 is 10.6. The van der Waals surface area contributed by atoms with Gasteiger partial charge in [0.2, 0.25) is 0 Å². The van der Waals surface area contributed by atoms with Crippen LogP contribution in [0.15, 0.2) is 0 Å². The Morgan fingerprint density at radius 3 is 3.00 bits per heavy atom. The van der Waals surface area contributed by atoms with Crippen LogP contribution >= 0.6 is 11.6 Å². The summed E-state index contributed by atoms with van der Waals surface area (Å²) in [5.41, 5.74) is 5.31. The first kappa shape index (κ1) is 10.2. The first-order valence-electron chi connectivity index (χ1n) is 4.10. The largest absolute Gasteiger partial charge is 0.349 e. The molecule has 5 heteroatoms. The third-order valence-electron chi connectivity index (χ3n) is 1.63. The molecule has 0 saturated carbocycles. The van der Waals surface area contributed by atoms with Gasteiger partial charge in [0.25, 0.3) is 0 Å². The van der Waals surface area contributed by atoms with Crippen molar-refractivity contribution >= 4 is 11.6 Å². The third-order valence-corrected chi connectivity index (χ3v) is 1.88. The standard InChI is InChI=1S/C7H15ClN2O2/c8-3-7-11-5-6(12-7)4-10-2-1-9/h6-7,10H,1-5,9H2. The minimum Gasteiger partial charge on any atom is -0.349 e. The van der Waals surface area contributed by atoms with E-state index in [1.165, 1.54) is 0 Å². The van der Waals surface area contributed by atoms with Gasteiger partial charge in [-0.05, 0) is 0 Å². The first-order chi connectivity index (χ1) is 5.86. The molecule has 2 atom stereocenters. The van der Waals surface area contributed by atoms with E-state index in [2.05, 4.69) is 5.32 Å². The van der Waals surface area contributed by atoms with Crippen molar-refractivity contribution in [2.24, 2.45) is 5.73 Å². The predicted molar refractivity (Wildman–Crippen MR) is 47.3 cm³/mol. The molecule has 3 N–H and O–H groups in total. The molecular weight excluding hydrogens is 180 g/mol. The van der Waals surface area contributed by atoms with Crippen molar-refractivity contribution in [2.45, 2.75) is 12.4 Å². The van der Waals surface area contributed by atoms with E-state index in [9.17, 15) is 0 Å². The van der Waals surface area contributed by atoms with Crippen LogP contribution in [0.3, 0.4) is 0 Å². The van der Waals surface area contributed by atoms with Crippen molar-refractivity contribution in [3.63, 3.8) is 0 Å². The Bertz CT molecular complexity index is 126. The van der Waals surface area contributed by atoms with E-state index in [-0.39, 0.29) is 12.4 Å². The average Bonchev–Trinajstić information content (AvgIpc) is 2.53. The fourth-order valence-corrected chi connectivity index (χ4v) is 1.22. The summed E-state index contributed by atoms with van der Waals surface area (Å²) in [5, 5.41) is 3.15. The lowest BCUT2D eigenvalue weighted by atomic mass is 10.4. The molecule has 0 bridgehead atoms. The molecule has 0 aromatic rings. The van der Waals surface area contributed by atoms with Crippen LogP contribution in [0, 0.1) is 0 Å². The van der Waals surface area contributed by atoms with E-state index in [0.717, 1.165) is 13.1 Å². The van der Waals surface area contributed by atoms with Crippen LogP contribution in [-0.4, -0.2) is 44.5 Å². The van der Waals surface area contributed by atoms with Crippen molar-refractivity contribution in [2.75, 3.05) is 32.1 Å². The Hall–Kier alpha value is 0.130. The Balaban J connectivity index is 2.03. The van der Waals surface area contributed by atoms with Crippen LogP contribution in [0.5, 0.6) is 0 Å². The minimum atomic E-state index is -0.226. The number of hydrogen-bond acceptors (Lipinski definition) is 4.